The van der Waals surface area contributed by atoms with Crippen LogP contribution in [0.25, 0.3) is 0 Å². The molecule has 0 saturated carbocycles. The molecule has 3 rings (SSSR count). The van der Waals surface area contributed by atoms with E-state index in [0.29, 0.717) is 31.7 Å². The van der Waals surface area contributed by atoms with Crippen LogP contribution in [0.15, 0.2) is 24.3 Å². The minimum atomic E-state index is -0.0466. The van der Waals surface area contributed by atoms with Crippen molar-refractivity contribution in [3.63, 3.8) is 0 Å². The van der Waals surface area contributed by atoms with Crippen molar-refractivity contribution < 1.29 is 14.7 Å². The number of phenolic OH excluding ortho intramolecular Hbond substituents is 1. The molecule has 0 aliphatic carbocycles. The van der Waals surface area contributed by atoms with Crippen LogP contribution in [0.4, 0.5) is 0 Å². The SMILES string of the molecule is O=C(c1ccc(O)cc1)N1CCN(C(=O)C2CCNC2)CC1. The molecule has 0 aromatic heterocycles. The second kappa shape index (κ2) is 6.36. The summed E-state index contributed by atoms with van der Waals surface area (Å²) < 4.78 is 0. The first-order valence-electron chi connectivity index (χ1n) is 7.73. The van der Waals surface area contributed by atoms with Crippen molar-refractivity contribution in [3.05, 3.63) is 29.8 Å². The molecule has 2 aliphatic rings. The largest absolute Gasteiger partial charge is 0.508 e. The number of benzene rings is 1. The minimum absolute atomic E-state index is 0.0466. The zero-order valence-corrected chi connectivity index (χ0v) is 12.5. The summed E-state index contributed by atoms with van der Waals surface area (Å²) in [6.45, 7) is 4.00. The maximum Gasteiger partial charge on any atom is 0.253 e. The van der Waals surface area contributed by atoms with Gasteiger partial charge in [0.05, 0.1) is 5.92 Å². The second-order valence-corrected chi connectivity index (χ2v) is 5.85. The monoisotopic (exact) mass is 303 g/mol. The topological polar surface area (TPSA) is 72.9 Å². The van der Waals surface area contributed by atoms with Crippen molar-refractivity contribution in [3.8, 4) is 5.75 Å². The van der Waals surface area contributed by atoms with E-state index in [9.17, 15) is 14.7 Å². The Bertz CT molecular complexity index is 544. The van der Waals surface area contributed by atoms with Gasteiger partial charge in [-0.2, -0.15) is 0 Å². The highest BCUT2D eigenvalue weighted by atomic mass is 16.3. The van der Waals surface area contributed by atoms with Crippen molar-refractivity contribution in [1.82, 2.24) is 15.1 Å². The zero-order chi connectivity index (χ0) is 15.5. The number of rotatable bonds is 2. The van der Waals surface area contributed by atoms with Gasteiger partial charge < -0.3 is 20.2 Å². The molecule has 0 radical (unpaired) electrons. The summed E-state index contributed by atoms with van der Waals surface area (Å²) in [4.78, 5) is 28.4. The minimum Gasteiger partial charge on any atom is -0.508 e. The Morgan fingerprint density at radius 2 is 1.68 bits per heavy atom. The third kappa shape index (κ3) is 3.06. The quantitative estimate of drug-likeness (QED) is 0.823. The van der Waals surface area contributed by atoms with Crippen LogP contribution in [0.2, 0.25) is 0 Å². The number of nitrogens with one attached hydrogen (secondary N) is 1. The van der Waals surface area contributed by atoms with Gasteiger partial charge >= 0.3 is 0 Å². The van der Waals surface area contributed by atoms with Crippen LogP contribution >= 0.6 is 0 Å². The number of hydrogen-bond donors (Lipinski definition) is 2. The summed E-state index contributed by atoms with van der Waals surface area (Å²) >= 11 is 0. The first-order chi connectivity index (χ1) is 10.6. The molecule has 0 bridgehead atoms. The summed E-state index contributed by atoms with van der Waals surface area (Å²) in [7, 11) is 0. The zero-order valence-electron chi connectivity index (χ0n) is 12.5. The number of aromatic hydroxyl groups is 1. The van der Waals surface area contributed by atoms with E-state index in [4.69, 9.17) is 0 Å². The Morgan fingerprint density at radius 1 is 1.05 bits per heavy atom. The molecule has 1 unspecified atom stereocenters. The summed E-state index contributed by atoms with van der Waals surface area (Å²) in [6, 6.07) is 6.28. The van der Waals surface area contributed by atoms with Crippen LogP contribution in [0, 0.1) is 5.92 Å². The van der Waals surface area contributed by atoms with Crippen molar-refractivity contribution >= 4 is 11.8 Å². The number of amides is 2. The van der Waals surface area contributed by atoms with E-state index in [1.165, 1.54) is 12.1 Å². The standard InChI is InChI=1S/C16H21N3O3/c20-14-3-1-12(2-4-14)15(21)18-7-9-19(10-8-18)16(22)13-5-6-17-11-13/h1-4,13,17,20H,5-11H2. The molecule has 2 saturated heterocycles. The molecule has 2 aliphatic heterocycles. The van der Waals surface area contributed by atoms with Gasteiger partial charge in [-0.05, 0) is 37.2 Å². The van der Waals surface area contributed by atoms with Crippen molar-refractivity contribution in [1.29, 1.82) is 0 Å². The van der Waals surface area contributed by atoms with Crippen molar-refractivity contribution in [2.45, 2.75) is 6.42 Å². The summed E-state index contributed by atoms with van der Waals surface area (Å²) in [5.74, 6) is 0.410. The van der Waals surface area contributed by atoms with Gasteiger partial charge in [-0.15, -0.1) is 0 Å². The summed E-state index contributed by atoms with van der Waals surface area (Å²) in [5, 5.41) is 12.5. The number of hydrogen-bond acceptors (Lipinski definition) is 4. The van der Waals surface area contributed by atoms with Gasteiger partial charge in [-0.1, -0.05) is 0 Å². The molecule has 22 heavy (non-hydrogen) atoms. The van der Waals surface area contributed by atoms with E-state index in [0.717, 1.165) is 19.5 Å². The van der Waals surface area contributed by atoms with Gasteiger partial charge in [-0.3, -0.25) is 9.59 Å². The van der Waals surface area contributed by atoms with Crippen molar-refractivity contribution in [2.75, 3.05) is 39.3 Å². The average molecular weight is 303 g/mol. The van der Waals surface area contributed by atoms with E-state index >= 15 is 0 Å². The van der Waals surface area contributed by atoms with Crippen LogP contribution in [-0.2, 0) is 4.79 Å². The highest BCUT2D eigenvalue weighted by Crippen LogP contribution is 2.16. The van der Waals surface area contributed by atoms with E-state index < -0.39 is 0 Å². The lowest BCUT2D eigenvalue weighted by Crippen LogP contribution is -2.52. The highest BCUT2D eigenvalue weighted by Gasteiger charge is 2.30. The van der Waals surface area contributed by atoms with E-state index in [2.05, 4.69) is 5.32 Å². The molecule has 6 nitrogen and oxygen atoms in total. The molecule has 2 heterocycles. The van der Waals surface area contributed by atoms with Gasteiger partial charge in [0, 0.05) is 38.3 Å². The van der Waals surface area contributed by atoms with Crippen LogP contribution in [0.5, 0.6) is 5.75 Å². The van der Waals surface area contributed by atoms with Gasteiger partial charge in [0.1, 0.15) is 5.75 Å². The number of piperazine rings is 1. The third-order valence-corrected chi connectivity index (χ3v) is 4.40. The average Bonchev–Trinajstić information content (AvgIpc) is 3.09. The molecule has 2 fully saturated rings. The Hall–Kier alpha value is -2.08. The molecular formula is C16H21N3O3. The van der Waals surface area contributed by atoms with Crippen LogP contribution in [-0.4, -0.2) is 66.0 Å². The first-order valence-corrected chi connectivity index (χ1v) is 7.73. The first kappa shape index (κ1) is 14.8. The number of carbonyl (C=O) groups excluding carboxylic acids is 2. The predicted octanol–water partition coefficient (Wildman–Crippen LogP) is 0.286. The van der Waals surface area contributed by atoms with E-state index in [1.807, 2.05) is 4.90 Å². The maximum absolute atomic E-state index is 12.4. The Morgan fingerprint density at radius 3 is 2.27 bits per heavy atom. The maximum atomic E-state index is 12.4. The van der Waals surface area contributed by atoms with Crippen molar-refractivity contribution in [2.24, 2.45) is 5.92 Å². The molecule has 1 aromatic carbocycles. The lowest BCUT2D eigenvalue weighted by Gasteiger charge is -2.36. The summed E-state index contributed by atoms with van der Waals surface area (Å²) in [6.07, 6.45) is 0.908. The highest BCUT2D eigenvalue weighted by molar-refractivity contribution is 5.94. The van der Waals surface area contributed by atoms with E-state index in [-0.39, 0.29) is 23.5 Å². The number of phenols is 1. The van der Waals surface area contributed by atoms with Gasteiger partial charge in [0.25, 0.3) is 5.91 Å². The third-order valence-electron chi connectivity index (χ3n) is 4.40. The second-order valence-electron chi connectivity index (χ2n) is 5.85. The predicted molar refractivity (Wildman–Crippen MR) is 81.6 cm³/mol. The molecule has 6 heteroatoms. The molecule has 1 atom stereocenters. The molecule has 0 spiro atoms. The van der Waals surface area contributed by atoms with Crippen LogP contribution < -0.4 is 5.32 Å². The lowest BCUT2D eigenvalue weighted by molar-refractivity contribution is -0.136. The fraction of sp³-hybridized carbons (Fsp3) is 0.500. The number of carbonyl (C=O) groups is 2. The molecule has 2 amide bonds. The lowest BCUT2D eigenvalue weighted by atomic mass is 10.1. The molecule has 1 aromatic rings. The van der Waals surface area contributed by atoms with Crippen LogP contribution in [0.1, 0.15) is 16.8 Å². The Labute approximate surface area is 129 Å². The van der Waals surface area contributed by atoms with Gasteiger partial charge in [0.2, 0.25) is 5.91 Å². The Balaban J connectivity index is 1.56. The molecule has 2 N–H and O–H groups in total. The normalized spacial score (nSPS) is 21.9. The Kier molecular flexibility index (Phi) is 4.29. The fourth-order valence-corrected chi connectivity index (χ4v) is 3.04. The smallest absolute Gasteiger partial charge is 0.253 e. The molecular weight excluding hydrogens is 282 g/mol. The summed E-state index contributed by atoms with van der Waals surface area (Å²) in [5.41, 5.74) is 0.567. The van der Waals surface area contributed by atoms with Gasteiger partial charge in [0.15, 0.2) is 0 Å². The van der Waals surface area contributed by atoms with E-state index in [1.54, 1.807) is 17.0 Å². The number of nitrogens with zero attached hydrogens (tertiary/aromatic N) is 2. The van der Waals surface area contributed by atoms with Crippen LogP contribution in [0.3, 0.4) is 0 Å². The fourth-order valence-electron chi connectivity index (χ4n) is 3.04. The molecule has 118 valence electrons. The van der Waals surface area contributed by atoms with Gasteiger partial charge in [-0.25, -0.2) is 0 Å².